The van der Waals surface area contributed by atoms with Crippen LogP contribution in [0.25, 0.3) is 11.0 Å². The van der Waals surface area contributed by atoms with Gasteiger partial charge in [0, 0.05) is 62.0 Å². The molecule has 0 amide bonds. The molecule has 178 valence electrons. The zero-order valence-electron chi connectivity index (χ0n) is 19.8. The second-order valence-corrected chi connectivity index (χ2v) is 8.83. The number of nitrogens with zero attached hydrogens (tertiary/aromatic N) is 5. The predicted octanol–water partition coefficient (Wildman–Crippen LogP) is 3.75. The van der Waals surface area contributed by atoms with E-state index >= 15 is 0 Å². The number of benzene rings is 1. The van der Waals surface area contributed by atoms with E-state index in [1.54, 1.807) is 32.2 Å². The summed E-state index contributed by atoms with van der Waals surface area (Å²) >= 11 is 0. The van der Waals surface area contributed by atoms with E-state index < -0.39 is 17.7 Å². The van der Waals surface area contributed by atoms with Crippen LogP contribution in [0, 0.1) is 23.0 Å². The summed E-state index contributed by atoms with van der Waals surface area (Å²) < 4.78 is 36.0. The lowest BCUT2D eigenvalue weighted by Gasteiger charge is -2.47. The van der Waals surface area contributed by atoms with Crippen LogP contribution in [0.15, 0.2) is 35.1 Å². The number of methoxy groups -OCH3 is 1. The second kappa shape index (κ2) is 9.03. The van der Waals surface area contributed by atoms with Crippen molar-refractivity contribution in [1.29, 1.82) is 5.26 Å². The number of hydrogen-bond donors (Lipinski definition) is 0. The van der Waals surface area contributed by atoms with Crippen molar-refractivity contribution in [3.8, 4) is 11.8 Å². The van der Waals surface area contributed by atoms with Crippen molar-refractivity contribution < 1.29 is 13.5 Å². The van der Waals surface area contributed by atoms with Crippen LogP contribution in [-0.2, 0) is 7.05 Å². The molecule has 1 saturated heterocycles. The lowest BCUT2D eigenvalue weighted by Crippen LogP contribution is -2.57. The number of halogens is 2. The van der Waals surface area contributed by atoms with Crippen molar-refractivity contribution in [3.05, 3.63) is 63.6 Å². The third-order valence-corrected chi connectivity index (χ3v) is 6.73. The van der Waals surface area contributed by atoms with Crippen LogP contribution in [0.3, 0.4) is 0 Å². The molecular formula is C25H27F2N5O2. The fourth-order valence-electron chi connectivity index (χ4n) is 4.87. The Labute approximate surface area is 196 Å². The van der Waals surface area contributed by atoms with Gasteiger partial charge in [0.2, 0.25) is 0 Å². The molecule has 7 nitrogen and oxygen atoms in total. The Balaban J connectivity index is 1.70. The summed E-state index contributed by atoms with van der Waals surface area (Å²) in [5.74, 6) is -1.14. The molecule has 4 rings (SSSR count). The summed E-state index contributed by atoms with van der Waals surface area (Å²) in [7, 11) is 3.04. The van der Waals surface area contributed by atoms with Crippen LogP contribution in [0.2, 0.25) is 0 Å². The van der Waals surface area contributed by atoms with E-state index in [-0.39, 0.29) is 34.6 Å². The average molecular weight is 468 g/mol. The maximum absolute atomic E-state index is 14.8. The Morgan fingerprint density at radius 1 is 1.15 bits per heavy atom. The third-order valence-electron chi connectivity index (χ3n) is 6.73. The van der Waals surface area contributed by atoms with E-state index in [4.69, 9.17) is 4.74 Å². The molecule has 1 aliphatic heterocycles. The summed E-state index contributed by atoms with van der Waals surface area (Å²) in [6.07, 6.45) is 0. The van der Waals surface area contributed by atoms with Gasteiger partial charge in [0.05, 0.1) is 18.3 Å². The number of pyridine rings is 2. The topological polar surface area (TPSA) is 74.4 Å². The Bertz CT molecular complexity index is 1330. The van der Waals surface area contributed by atoms with E-state index in [0.717, 1.165) is 0 Å². The fourth-order valence-corrected chi connectivity index (χ4v) is 4.87. The van der Waals surface area contributed by atoms with Crippen LogP contribution in [0.4, 0.5) is 14.5 Å². The van der Waals surface area contributed by atoms with Crippen molar-refractivity contribution >= 4 is 16.7 Å². The second-order valence-electron chi connectivity index (χ2n) is 8.83. The van der Waals surface area contributed by atoms with Gasteiger partial charge in [0.25, 0.3) is 5.56 Å². The Kier molecular flexibility index (Phi) is 6.28. The molecule has 0 aliphatic carbocycles. The summed E-state index contributed by atoms with van der Waals surface area (Å²) in [4.78, 5) is 21.3. The van der Waals surface area contributed by atoms with Crippen LogP contribution < -0.4 is 15.2 Å². The van der Waals surface area contributed by atoms with Gasteiger partial charge in [-0.05, 0) is 32.9 Å². The number of rotatable bonds is 4. The highest BCUT2D eigenvalue weighted by Gasteiger charge is 2.35. The molecule has 0 radical (unpaired) electrons. The highest BCUT2D eigenvalue weighted by Crippen LogP contribution is 2.35. The molecule has 0 bridgehead atoms. The first-order valence-corrected chi connectivity index (χ1v) is 11.1. The molecule has 1 aromatic carbocycles. The van der Waals surface area contributed by atoms with Gasteiger partial charge >= 0.3 is 0 Å². The van der Waals surface area contributed by atoms with Crippen molar-refractivity contribution in [2.24, 2.45) is 7.05 Å². The molecule has 3 atom stereocenters. The summed E-state index contributed by atoms with van der Waals surface area (Å²) in [5, 5.41) is 9.33. The maximum atomic E-state index is 14.8. The number of anilines is 1. The molecule has 0 spiro atoms. The van der Waals surface area contributed by atoms with Crippen LogP contribution in [0.1, 0.15) is 38.1 Å². The highest BCUT2D eigenvalue weighted by molar-refractivity contribution is 5.89. The number of aryl methyl sites for hydroxylation is 1. The first-order chi connectivity index (χ1) is 16.2. The number of piperazine rings is 1. The maximum Gasteiger partial charge on any atom is 0.252 e. The number of nitriles is 1. The Morgan fingerprint density at radius 3 is 2.44 bits per heavy atom. The standard InChI is InChI=1S/C25H27F2N5O2/c1-14-13-32(22-10-23(33)30(4)21-7-6-17(11-28)29-25(21)22)15(2)12-31(14)16(3)24-19(26)8-18(34-5)9-20(24)27/h6-10,14-16H,12-13H2,1-5H3/t14-,15+,16?/m1/s1. The Hall–Kier alpha value is -3.51. The fraction of sp³-hybridized carbons (Fsp3) is 0.400. The Morgan fingerprint density at radius 2 is 1.82 bits per heavy atom. The van der Waals surface area contributed by atoms with Crippen LogP contribution in [-0.4, -0.2) is 46.7 Å². The molecule has 2 aromatic heterocycles. The van der Waals surface area contributed by atoms with Gasteiger partial charge in [0.1, 0.15) is 34.7 Å². The number of ether oxygens (including phenoxy) is 1. The molecule has 1 unspecified atom stereocenters. The zero-order valence-corrected chi connectivity index (χ0v) is 19.8. The largest absolute Gasteiger partial charge is 0.497 e. The summed E-state index contributed by atoms with van der Waals surface area (Å²) in [6, 6.07) is 8.66. The van der Waals surface area contributed by atoms with Gasteiger partial charge in [-0.15, -0.1) is 0 Å². The van der Waals surface area contributed by atoms with Crippen LogP contribution >= 0.6 is 0 Å². The molecule has 3 heterocycles. The van der Waals surface area contributed by atoms with Gasteiger partial charge in [-0.25, -0.2) is 13.8 Å². The van der Waals surface area contributed by atoms with Gasteiger partial charge < -0.3 is 14.2 Å². The molecule has 1 aliphatic rings. The van der Waals surface area contributed by atoms with Crippen molar-refractivity contribution in [2.45, 2.75) is 38.9 Å². The smallest absolute Gasteiger partial charge is 0.252 e. The predicted molar refractivity (Wildman–Crippen MR) is 126 cm³/mol. The highest BCUT2D eigenvalue weighted by atomic mass is 19.1. The summed E-state index contributed by atoms with van der Waals surface area (Å²) in [5.41, 5.74) is 1.97. The van der Waals surface area contributed by atoms with Gasteiger partial charge in [0.15, 0.2) is 0 Å². The number of fused-ring (bicyclic) bond motifs is 1. The summed E-state index contributed by atoms with van der Waals surface area (Å²) in [6.45, 7) is 6.82. The minimum Gasteiger partial charge on any atom is -0.497 e. The first kappa shape index (κ1) is 23.6. The van der Waals surface area contributed by atoms with E-state index in [1.165, 1.54) is 23.8 Å². The minimum atomic E-state index is -0.641. The third kappa shape index (κ3) is 3.99. The first-order valence-electron chi connectivity index (χ1n) is 11.1. The molecular weight excluding hydrogens is 440 g/mol. The monoisotopic (exact) mass is 467 g/mol. The average Bonchev–Trinajstić information content (AvgIpc) is 2.81. The normalized spacial score (nSPS) is 19.8. The SMILES string of the molecule is COc1cc(F)c(C(C)N2C[C@H](C)N(c3cc(=O)n(C)c4ccc(C#N)nc34)C[C@H]2C)c(F)c1. The zero-order chi connectivity index (χ0) is 24.7. The number of aromatic nitrogens is 2. The van der Waals surface area contributed by atoms with E-state index in [2.05, 4.69) is 20.9 Å². The molecule has 9 heteroatoms. The van der Waals surface area contributed by atoms with E-state index in [9.17, 15) is 18.8 Å². The minimum absolute atomic E-state index is 0.00709. The molecule has 0 saturated carbocycles. The van der Waals surface area contributed by atoms with E-state index in [1.807, 2.05) is 13.8 Å². The number of hydrogen-bond acceptors (Lipinski definition) is 6. The molecule has 34 heavy (non-hydrogen) atoms. The molecule has 0 N–H and O–H groups in total. The molecule has 1 fully saturated rings. The molecule has 3 aromatic rings. The van der Waals surface area contributed by atoms with Crippen molar-refractivity contribution in [2.75, 3.05) is 25.1 Å². The van der Waals surface area contributed by atoms with Crippen molar-refractivity contribution in [1.82, 2.24) is 14.5 Å². The van der Waals surface area contributed by atoms with E-state index in [0.29, 0.717) is 29.8 Å². The van der Waals surface area contributed by atoms with Gasteiger partial charge in [-0.1, -0.05) is 0 Å². The quantitative estimate of drug-likeness (QED) is 0.582. The van der Waals surface area contributed by atoms with Gasteiger partial charge in [-0.3, -0.25) is 9.69 Å². The van der Waals surface area contributed by atoms with Crippen molar-refractivity contribution in [3.63, 3.8) is 0 Å². The van der Waals surface area contributed by atoms with Crippen LogP contribution in [0.5, 0.6) is 5.75 Å². The van der Waals surface area contributed by atoms with Gasteiger partial charge in [-0.2, -0.15) is 5.26 Å². The lowest BCUT2D eigenvalue weighted by molar-refractivity contribution is 0.115. The lowest BCUT2D eigenvalue weighted by atomic mass is 9.99.